The molecule has 2 rings (SSSR count). The summed E-state index contributed by atoms with van der Waals surface area (Å²) in [7, 11) is 2.24. The van der Waals surface area contributed by atoms with Gasteiger partial charge in [0.1, 0.15) is 0 Å². The van der Waals surface area contributed by atoms with E-state index in [0.29, 0.717) is 6.04 Å². The van der Waals surface area contributed by atoms with Crippen molar-refractivity contribution in [2.24, 2.45) is 0 Å². The first-order chi connectivity index (χ1) is 8.81. The van der Waals surface area contributed by atoms with E-state index in [1.54, 1.807) is 0 Å². The molecule has 1 aliphatic rings. The zero-order valence-corrected chi connectivity index (χ0v) is 11.8. The number of hydrogen-bond acceptors (Lipinski definition) is 2. The monoisotopic (exact) mass is 246 g/mol. The topological polar surface area (TPSA) is 6.48 Å². The highest BCUT2D eigenvalue weighted by Crippen LogP contribution is 2.25. The summed E-state index contributed by atoms with van der Waals surface area (Å²) >= 11 is 0. The van der Waals surface area contributed by atoms with Crippen molar-refractivity contribution in [3.8, 4) is 0 Å². The Morgan fingerprint density at radius 2 is 1.89 bits per heavy atom. The lowest BCUT2D eigenvalue weighted by molar-refractivity contribution is 0.0882. The van der Waals surface area contributed by atoms with Gasteiger partial charge >= 0.3 is 0 Å². The van der Waals surface area contributed by atoms with E-state index in [1.165, 1.54) is 44.5 Å². The molecule has 1 atom stereocenters. The van der Waals surface area contributed by atoms with Crippen LogP contribution in [0.1, 0.15) is 37.8 Å². The number of hydrogen-bond donors (Lipinski definition) is 0. The van der Waals surface area contributed by atoms with Gasteiger partial charge in [0.25, 0.3) is 0 Å². The highest BCUT2D eigenvalue weighted by molar-refractivity contribution is 5.20. The fourth-order valence-corrected chi connectivity index (χ4v) is 2.78. The normalized spacial score (nSPS) is 22.2. The lowest BCUT2D eigenvalue weighted by atomic mass is 10.0. The van der Waals surface area contributed by atoms with Gasteiger partial charge in [-0.25, -0.2) is 0 Å². The molecule has 0 bridgehead atoms. The first-order valence-electron chi connectivity index (χ1n) is 7.29. The maximum Gasteiger partial charge on any atom is 0.0475 e. The smallest absolute Gasteiger partial charge is 0.0475 e. The maximum atomic E-state index is 2.67. The van der Waals surface area contributed by atoms with Crippen molar-refractivity contribution in [1.29, 1.82) is 0 Å². The molecule has 1 aromatic carbocycles. The van der Waals surface area contributed by atoms with Crippen LogP contribution < -0.4 is 0 Å². The minimum atomic E-state index is 0.585. The lowest BCUT2D eigenvalue weighted by Gasteiger charge is -2.40. The summed E-state index contributed by atoms with van der Waals surface area (Å²) < 4.78 is 0. The molecule has 0 spiro atoms. The quantitative estimate of drug-likeness (QED) is 0.736. The van der Waals surface area contributed by atoms with Crippen molar-refractivity contribution in [2.75, 3.05) is 33.2 Å². The summed E-state index contributed by atoms with van der Waals surface area (Å²) in [6.45, 7) is 7.10. The largest absolute Gasteiger partial charge is 0.303 e. The molecule has 1 unspecified atom stereocenters. The molecule has 2 heteroatoms. The van der Waals surface area contributed by atoms with Gasteiger partial charge in [-0.05, 0) is 25.6 Å². The second-order valence-electron chi connectivity index (χ2n) is 5.43. The van der Waals surface area contributed by atoms with E-state index in [4.69, 9.17) is 0 Å². The van der Waals surface area contributed by atoms with Gasteiger partial charge in [-0.15, -0.1) is 0 Å². The first-order valence-corrected chi connectivity index (χ1v) is 7.29. The van der Waals surface area contributed by atoms with E-state index in [9.17, 15) is 0 Å². The average Bonchev–Trinajstić information content (AvgIpc) is 2.41. The summed E-state index contributed by atoms with van der Waals surface area (Å²) in [6.07, 6.45) is 4.00. The number of nitrogens with zero attached hydrogens (tertiary/aromatic N) is 2. The van der Waals surface area contributed by atoms with E-state index in [0.717, 1.165) is 6.54 Å². The van der Waals surface area contributed by atoms with E-state index < -0.39 is 0 Å². The third kappa shape index (κ3) is 3.56. The second-order valence-corrected chi connectivity index (χ2v) is 5.43. The highest BCUT2D eigenvalue weighted by Gasteiger charge is 2.25. The van der Waals surface area contributed by atoms with Gasteiger partial charge in [0.2, 0.25) is 0 Å². The molecule has 1 aliphatic heterocycles. The van der Waals surface area contributed by atoms with Crippen LogP contribution in [0.4, 0.5) is 0 Å². The van der Waals surface area contributed by atoms with Gasteiger partial charge < -0.3 is 4.90 Å². The fraction of sp³-hybridized carbons (Fsp3) is 0.625. The van der Waals surface area contributed by atoms with E-state index in [-0.39, 0.29) is 0 Å². The van der Waals surface area contributed by atoms with Gasteiger partial charge in [0.15, 0.2) is 0 Å². The number of benzene rings is 1. The van der Waals surface area contributed by atoms with Crippen molar-refractivity contribution in [3.63, 3.8) is 0 Å². The minimum absolute atomic E-state index is 0.585. The Balaban J connectivity index is 2.02. The molecule has 0 amide bonds. The highest BCUT2D eigenvalue weighted by atomic mass is 15.3. The van der Waals surface area contributed by atoms with E-state index in [1.807, 2.05) is 0 Å². The van der Waals surface area contributed by atoms with Crippen LogP contribution in [0, 0.1) is 0 Å². The van der Waals surface area contributed by atoms with Crippen LogP contribution in [0.2, 0.25) is 0 Å². The molecule has 1 heterocycles. The Morgan fingerprint density at radius 1 is 1.11 bits per heavy atom. The number of piperazine rings is 1. The second kappa shape index (κ2) is 6.91. The zero-order valence-electron chi connectivity index (χ0n) is 11.8. The molecule has 0 radical (unpaired) electrons. The van der Waals surface area contributed by atoms with Crippen LogP contribution >= 0.6 is 0 Å². The first kappa shape index (κ1) is 13.6. The predicted octanol–water partition coefficient (Wildman–Crippen LogP) is 3.17. The Hall–Kier alpha value is -0.860. The molecule has 2 nitrogen and oxygen atoms in total. The zero-order chi connectivity index (χ0) is 12.8. The summed E-state index contributed by atoms with van der Waals surface area (Å²) in [5, 5.41) is 0. The van der Waals surface area contributed by atoms with Gasteiger partial charge in [0.05, 0.1) is 0 Å². The molecule has 0 aromatic heterocycles. The molecule has 0 aliphatic carbocycles. The third-order valence-electron chi connectivity index (χ3n) is 3.93. The molecule has 18 heavy (non-hydrogen) atoms. The standard InChI is InChI=1S/C16H26N2/c1-3-4-8-11-18-13-12-17(2)14-16(18)15-9-6-5-7-10-15/h5-7,9-10,16H,3-4,8,11-14H2,1-2H3. The Labute approximate surface area is 112 Å². The van der Waals surface area contributed by atoms with Crippen LogP contribution in [0.3, 0.4) is 0 Å². The van der Waals surface area contributed by atoms with E-state index >= 15 is 0 Å². The van der Waals surface area contributed by atoms with Gasteiger partial charge in [-0.3, -0.25) is 4.90 Å². The van der Waals surface area contributed by atoms with Crippen LogP contribution in [-0.4, -0.2) is 43.0 Å². The van der Waals surface area contributed by atoms with Crippen LogP contribution in [0.5, 0.6) is 0 Å². The fourth-order valence-electron chi connectivity index (χ4n) is 2.78. The molecule has 100 valence electrons. The SMILES string of the molecule is CCCCCN1CCN(C)CC1c1ccccc1. The minimum Gasteiger partial charge on any atom is -0.303 e. The molecule has 1 saturated heterocycles. The molecular formula is C16H26N2. The van der Waals surface area contributed by atoms with Gasteiger partial charge in [-0.1, -0.05) is 50.1 Å². The predicted molar refractivity (Wildman–Crippen MR) is 77.8 cm³/mol. The molecular weight excluding hydrogens is 220 g/mol. The summed E-state index contributed by atoms with van der Waals surface area (Å²) in [5.74, 6) is 0. The van der Waals surface area contributed by atoms with Crippen molar-refractivity contribution in [1.82, 2.24) is 9.80 Å². The Morgan fingerprint density at radius 3 is 2.61 bits per heavy atom. The molecule has 1 fully saturated rings. The van der Waals surface area contributed by atoms with Gasteiger partial charge in [0, 0.05) is 25.7 Å². The van der Waals surface area contributed by atoms with Crippen LogP contribution in [-0.2, 0) is 0 Å². The average molecular weight is 246 g/mol. The molecule has 0 N–H and O–H groups in total. The van der Waals surface area contributed by atoms with E-state index in [2.05, 4.69) is 54.1 Å². The number of likely N-dealkylation sites (N-methyl/N-ethyl adjacent to an activating group) is 1. The number of rotatable bonds is 5. The van der Waals surface area contributed by atoms with Crippen LogP contribution in [0.25, 0.3) is 0 Å². The lowest BCUT2D eigenvalue weighted by Crippen LogP contribution is -2.47. The molecule has 0 saturated carbocycles. The summed E-state index contributed by atoms with van der Waals surface area (Å²) in [4.78, 5) is 5.12. The number of unbranched alkanes of at least 4 members (excludes halogenated alkanes) is 2. The van der Waals surface area contributed by atoms with Crippen molar-refractivity contribution in [3.05, 3.63) is 35.9 Å². The van der Waals surface area contributed by atoms with Crippen molar-refractivity contribution in [2.45, 2.75) is 32.2 Å². The van der Waals surface area contributed by atoms with Crippen LogP contribution in [0.15, 0.2) is 30.3 Å². The third-order valence-corrected chi connectivity index (χ3v) is 3.93. The molecule has 1 aromatic rings. The summed E-state index contributed by atoms with van der Waals surface area (Å²) in [5.41, 5.74) is 1.47. The van der Waals surface area contributed by atoms with Crippen molar-refractivity contribution >= 4 is 0 Å². The summed E-state index contributed by atoms with van der Waals surface area (Å²) in [6, 6.07) is 11.6. The van der Waals surface area contributed by atoms with Gasteiger partial charge in [-0.2, -0.15) is 0 Å². The van der Waals surface area contributed by atoms with Crippen molar-refractivity contribution < 1.29 is 0 Å². The maximum absolute atomic E-state index is 2.67. The Bertz CT molecular complexity index is 336. The Kier molecular flexibility index (Phi) is 5.21.